The number of Topliss-reactive ketones (excluding diaryl/α,β-unsaturated/α-hetero) is 1. The van der Waals surface area contributed by atoms with Crippen LogP contribution in [-0.2, 0) is 11.3 Å². The van der Waals surface area contributed by atoms with Crippen molar-refractivity contribution in [2.45, 2.75) is 20.4 Å². The molecule has 0 spiro atoms. The van der Waals surface area contributed by atoms with Gasteiger partial charge < -0.3 is 4.90 Å². The molecule has 3 nitrogen and oxygen atoms in total. The summed E-state index contributed by atoms with van der Waals surface area (Å²) in [6.07, 6.45) is 0. The number of fused-ring (bicyclic) bond motifs is 1. The van der Waals surface area contributed by atoms with E-state index >= 15 is 0 Å². The van der Waals surface area contributed by atoms with Gasteiger partial charge in [0, 0.05) is 4.47 Å². The van der Waals surface area contributed by atoms with Crippen molar-refractivity contribution in [3.8, 4) is 0 Å². The van der Waals surface area contributed by atoms with Crippen LogP contribution in [-0.4, -0.2) is 11.7 Å². The fraction of sp³-hybridized carbons (Fsp3) is 0.176. The summed E-state index contributed by atoms with van der Waals surface area (Å²) >= 11 is 3.43. The number of hydrogen-bond donors (Lipinski definition) is 0. The summed E-state index contributed by atoms with van der Waals surface area (Å²) in [5.74, 6) is -0.859. The number of amides is 1. The highest BCUT2D eigenvalue weighted by Crippen LogP contribution is 2.35. The molecule has 1 aliphatic heterocycles. The third-order valence-corrected chi connectivity index (χ3v) is 4.38. The normalized spacial score (nSPS) is 13.8. The van der Waals surface area contributed by atoms with E-state index in [9.17, 15) is 9.59 Å². The molecule has 106 valence electrons. The molecular weight excluding hydrogens is 330 g/mol. The molecule has 0 aromatic heterocycles. The molecule has 4 heteroatoms. The van der Waals surface area contributed by atoms with Crippen LogP contribution in [0.1, 0.15) is 27.0 Å². The van der Waals surface area contributed by atoms with E-state index in [1.54, 1.807) is 11.0 Å². The average molecular weight is 344 g/mol. The van der Waals surface area contributed by atoms with Crippen molar-refractivity contribution >= 4 is 33.3 Å². The summed E-state index contributed by atoms with van der Waals surface area (Å²) in [6, 6.07) is 11.4. The molecule has 1 amide bonds. The van der Waals surface area contributed by atoms with Crippen molar-refractivity contribution in [2.75, 3.05) is 4.90 Å². The van der Waals surface area contributed by atoms with Crippen LogP contribution in [0.4, 0.5) is 5.69 Å². The van der Waals surface area contributed by atoms with Gasteiger partial charge in [0.05, 0.1) is 17.8 Å². The Bertz CT molecular complexity index is 767. The van der Waals surface area contributed by atoms with Crippen molar-refractivity contribution in [3.05, 3.63) is 63.1 Å². The molecule has 0 unspecified atom stereocenters. The molecule has 21 heavy (non-hydrogen) atoms. The molecule has 3 rings (SSSR count). The smallest absolute Gasteiger partial charge is 0.299 e. The second-order valence-electron chi connectivity index (χ2n) is 5.25. The van der Waals surface area contributed by atoms with Crippen LogP contribution in [0.15, 0.2) is 40.9 Å². The second kappa shape index (κ2) is 5.11. The first-order valence-corrected chi connectivity index (χ1v) is 7.49. The zero-order chi connectivity index (χ0) is 15.1. The summed E-state index contributed by atoms with van der Waals surface area (Å²) in [7, 11) is 0. The summed E-state index contributed by atoms with van der Waals surface area (Å²) in [4.78, 5) is 26.0. The maximum Gasteiger partial charge on any atom is 0.299 e. The quantitative estimate of drug-likeness (QED) is 0.778. The number of nitrogens with zero attached hydrogens (tertiary/aromatic N) is 1. The highest BCUT2D eigenvalue weighted by atomic mass is 79.9. The minimum absolute atomic E-state index is 0.404. The number of anilines is 1. The highest BCUT2D eigenvalue weighted by molar-refractivity contribution is 9.10. The number of carbonyl (C=O) groups excluding carboxylic acids is 2. The van der Waals surface area contributed by atoms with E-state index in [1.807, 2.05) is 44.2 Å². The van der Waals surface area contributed by atoms with Gasteiger partial charge in [-0.3, -0.25) is 9.59 Å². The maximum absolute atomic E-state index is 12.3. The summed E-state index contributed by atoms with van der Waals surface area (Å²) < 4.78 is 0.958. The van der Waals surface area contributed by atoms with E-state index in [2.05, 4.69) is 15.9 Å². The molecule has 0 saturated heterocycles. The largest absolute Gasteiger partial charge is 0.300 e. The van der Waals surface area contributed by atoms with Crippen molar-refractivity contribution in [2.24, 2.45) is 0 Å². The van der Waals surface area contributed by atoms with Gasteiger partial charge in [-0.2, -0.15) is 0 Å². The molecule has 0 fully saturated rings. The van der Waals surface area contributed by atoms with E-state index < -0.39 is 11.7 Å². The van der Waals surface area contributed by atoms with Crippen LogP contribution in [0.25, 0.3) is 0 Å². The molecule has 0 atom stereocenters. The molecule has 2 aromatic rings. The lowest BCUT2D eigenvalue weighted by molar-refractivity contribution is -0.114. The number of hydrogen-bond acceptors (Lipinski definition) is 2. The Morgan fingerprint density at radius 1 is 1.10 bits per heavy atom. The molecule has 0 radical (unpaired) electrons. The number of rotatable bonds is 2. The van der Waals surface area contributed by atoms with E-state index in [1.165, 1.54) is 0 Å². The first kappa shape index (κ1) is 14.0. The summed E-state index contributed by atoms with van der Waals surface area (Å²) in [5, 5.41) is 0. The van der Waals surface area contributed by atoms with Crippen LogP contribution in [0.5, 0.6) is 0 Å². The number of halogens is 1. The van der Waals surface area contributed by atoms with Crippen LogP contribution in [0.2, 0.25) is 0 Å². The lowest BCUT2D eigenvalue weighted by Crippen LogP contribution is -2.29. The third-order valence-electron chi connectivity index (χ3n) is 3.89. The lowest BCUT2D eigenvalue weighted by atomic mass is 10.0. The zero-order valence-electron chi connectivity index (χ0n) is 11.8. The molecule has 2 aromatic carbocycles. The van der Waals surface area contributed by atoms with Crippen molar-refractivity contribution < 1.29 is 9.59 Å². The van der Waals surface area contributed by atoms with Crippen LogP contribution < -0.4 is 4.90 Å². The topological polar surface area (TPSA) is 37.4 Å². The Hall–Kier alpha value is -1.94. The molecule has 0 aliphatic carbocycles. The fourth-order valence-corrected chi connectivity index (χ4v) is 3.09. The van der Waals surface area contributed by atoms with E-state index in [-0.39, 0.29) is 0 Å². The van der Waals surface area contributed by atoms with Gasteiger partial charge in [0.1, 0.15) is 0 Å². The average Bonchev–Trinajstić information content (AvgIpc) is 2.69. The summed E-state index contributed by atoms with van der Waals surface area (Å²) in [5.41, 5.74) is 4.32. The number of aryl methyl sites for hydroxylation is 1. The molecule has 0 N–H and O–H groups in total. The van der Waals surface area contributed by atoms with Gasteiger partial charge in [-0.05, 0) is 48.7 Å². The zero-order valence-corrected chi connectivity index (χ0v) is 13.4. The standard InChI is InChI=1S/C17H14BrNO2/c1-10-6-7-14-15(11(10)2)19(17(21)16(14)20)9-12-4-3-5-13(18)8-12/h3-8H,9H2,1-2H3. The number of benzene rings is 2. The van der Waals surface area contributed by atoms with Gasteiger partial charge in [-0.15, -0.1) is 0 Å². The molecule has 1 heterocycles. The molecule has 1 aliphatic rings. The van der Waals surface area contributed by atoms with E-state index in [0.717, 1.165) is 26.9 Å². The van der Waals surface area contributed by atoms with Gasteiger partial charge in [0.15, 0.2) is 0 Å². The molecular formula is C17H14BrNO2. The first-order valence-electron chi connectivity index (χ1n) is 6.70. The van der Waals surface area contributed by atoms with E-state index in [4.69, 9.17) is 0 Å². The lowest BCUT2D eigenvalue weighted by Gasteiger charge is -2.19. The minimum Gasteiger partial charge on any atom is -0.300 e. The Morgan fingerprint density at radius 2 is 1.86 bits per heavy atom. The van der Waals surface area contributed by atoms with Gasteiger partial charge >= 0.3 is 0 Å². The minimum atomic E-state index is -0.446. The van der Waals surface area contributed by atoms with Crippen molar-refractivity contribution in [1.29, 1.82) is 0 Å². The van der Waals surface area contributed by atoms with Crippen LogP contribution in [0.3, 0.4) is 0 Å². The fourth-order valence-electron chi connectivity index (χ4n) is 2.64. The third kappa shape index (κ3) is 2.29. The Morgan fingerprint density at radius 3 is 2.57 bits per heavy atom. The molecule has 0 saturated carbocycles. The maximum atomic E-state index is 12.3. The van der Waals surface area contributed by atoms with Crippen molar-refractivity contribution in [1.82, 2.24) is 0 Å². The van der Waals surface area contributed by atoms with Crippen LogP contribution >= 0.6 is 15.9 Å². The predicted octanol–water partition coefficient (Wildman–Crippen LogP) is 3.80. The van der Waals surface area contributed by atoms with Gasteiger partial charge in [0.2, 0.25) is 0 Å². The van der Waals surface area contributed by atoms with Gasteiger partial charge in [0.25, 0.3) is 11.7 Å². The Labute approximate surface area is 131 Å². The monoisotopic (exact) mass is 343 g/mol. The SMILES string of the molecule is Cc1ccc2c(c1C)N(Cc1cccc(Br)c1)C(=O)C2=O. The number of carbonyl (C=O) groups is 2. The van der Waals surface area contributed by atoms with Crippen LogP contribution in [0, 0.1) is 13.8 Å². The summed E-state index contributed by atoms with van der Waals surface area (Å²) in [6.45, 7) is 4.34. The van der Waals surface area contributed by atoms with E-state index in [0.29, 0.717) is 12.1 Å². The van der Waals surface area contributed by atoms with Crippen molar-refractivity contribution in [3.63, 3.8) is 0 Å². The first-order chi connectivity index (χ1) is 9.99. The predicted molar refractivity (Wildman–Crippen MR) is 85.6 cm³/mol. The Balaban J connectivity index is 2.07. The number of ketones is 1. The highest BCUT2D eigenvalue weighted by Gasteiger charge is 2.37. The van der Waals surface area contributed by atoms with Gasteiger partial charge in [-0.25, -0.2) is 0 Å². The molecule has 0 bridgehead atoms. The second-order valence-corrected chi connectivity index (χ2v) is 6.17. The Kier molecular flexibility index (Phi) is 3.41. The van der Waals surface area contributed by atoms with Gasteiger partial charge in [-0.1, -0.05) is 34.1 Å².